The number of ether oxygens (including phenoxy) is 1. The van der Waals surface area contributed by atoms with Gasteiger partial charge in [-0.3, -0.25) is 4.79 Å². The van der Waals surface area contributed by atoms with Crippen molar-refractivity contribution in [2.75, 3.05) is 13.2 Å². The van der Waals surface area contributed by atoms with Crippen LogP contribution in [0.2, 0.25) is 0 Å². The highest BCUT2D eigenvalue weighted by molar-refractivity contribution is 5.73. The average molecular weight is 459 g/mol. The van der Waals surface area contributed by atoms with Crippen molar-refractivity contribution in [3.8, 4) is 0 Å². The van der Waals surface area contributed by atoms with E-state index in [0.29, 0.717) is 5.56 Å². The van der Waals surface area contributed by atoms with E-state index in [2.05, 4.69) is 35.8 Å². The van der Waals surface area contributed by atoms with E-state index in [1.165, 1.54) is 19.1 Å². The van der Waals surface area contributed by atoms with Gasteiger partial charge in [-0.1, -0.05) is 24.3 Å². The second-order valence-electron chi connectivity index (χ2n) is 9.58. The molecule has 2 fully saturated rings. The van der Waals surface area contributed by atoms with Crippen molar-refractivity contribution < 1.29 is 23.4 Å². The van der Waals surface area contributed by atoms with Gasteiger partial charge in [0, 0.05) is 31.7 Å². The standard InChI is InChI=1S/C26H32F2N2O3/c1-17(31)30-23(13-18-11-21(27)15-22(28)12-18)24(32)16-29-26(8-9-26)20-6-3-5-19(14-20)25(2)7-4-10-33-25/h3,5-6,11-12,14-15,23-24,29,32H,4,7-10,13,16H2,1-2H3,(H,30,31)/t23-,24+,25?/m0/s1. The smallest absolute Gasteiger partial charge is 0.217 e. The van der Waals surface area contributed by atoms with Crippen LogP contribution < -0.4 is 10.6 Å². The molecule has 1 heterocycles. The minimum atomic E-state index is -0.934. The van der Waals surface area contributed by atoms with Gasteiger partial charge in [-0.05, 0) is 67.9 Å². The molecule has 2 aliphatic rings. The average Bonchev–Trinajstić information content (AvgIpc) is 3.43. The molecule has 1 unspecified atom stereocenters. The summed E-state index contributed by atoms with van der Waals surface area (Å²) in [5, 5.41) is 17.1. The maximum absolute atomic E-state index is 13.6. The Balaban J connectivity index is 1.44. The van der Waals surface area contributed by atoms with Gasteiger partial charge < -0.3 is 20.5 Å². The van der Waals surface area contributed by atoms with Crippen molar-refractivity contribution in [1.29, 1.82) is 0 Å². The Morgan fingerprint density at radius 3 is 2.42 bits per heavy atom. The second-order valence-corrected chi connectivity index (χ2v) is 9.58. The van der Waals surface area contributed by atoms with E-state index in [1.807, 2.05) is 6.07 Å². The van der Waals surface area contributed by atoms with Crippen LogP contribution in [-0.2, 0) is 27.1 Å². The van der Waals surface area contributed by atoms with Gasteiger partial charge in [0.15, 0.2) is 0 Å². The normalized spacial score (nSPS) is 23.2. The van der Waals surface area contributed by atoms with Crippen molar-refractivity contribution in [3.05, 3.63) is 70.8 Å². The Bertz CT molecular complexity index is 983. The minimum absolute atomic E-state index is 0.120. The van der Waals surface area contributed by atoms with Crippen molar-refractivity contribution in [2.45, 2.75) is 69.2 Å². The minimum Gasteiger partial charge on any atom is -0.390 e. The molecule has 3 atom stereocenters. The summed E-state index contributed by atoms with van der Waals surface area (Å²) in [5.74, 6) is -1.68. The molecule has 3 N–H and O–H groups in total. The van der Waals surface area contributed by atoms with Gasteiger partial charge in [-0.2, -0.15) is 0 Å². The molecule has 2 aromatic carbocycles. The van der Waals surface area contributed by atoms with Crippen LogP contribution in [0.25, 0.3) is 0 Å². The van der Waals surface area contributed by atoms with E-state index in [-0.39, 0.29) is 30.0 Å². The number of carbonyl (C=O) groups excluding carboxylic acids is 1. The SMILES string of the molecule is CC(=O)N[C@@H](Cc1cc(F)cc(F)c1)[C@H](O)CNC1(c2cccc(C3(C)CCCO3)c2)CC1. The maximum Gasteiger partial charge on any atom is 0.217 e. The molecule has 1 aliphatic heterocycles. The lowest BCUT2D eigenvalue weighted by atomic mass is 9.90. The molecule has 5 nitrogen and oxygen atoms in total. The number of rotatable bonds is 9. The lowest BCUT2D eigenvalue weighted by Crippen LogP contribution is -2.49. The maximum atomic E-state index is 13.6. The molecule has 1 aliphatic carbocycles. The summed E-state index contributed by atoms with van der Waals surface area (Å²) in [6.07, 6.45) is 3.12. The third-order valence-corrected chi connectivity index (χ3v) is 6.88. The molecule has 7 heteroatoms. The van der Waals surface area contributed by atoms with Crippen LogP contribution in [-0.4, -0.2) is 36.3 Å². The summed E-state index contributed by atoms with van der Waals surface area (Å²) in [5.41, 5.74) is 2.21. The number of aliphatic hydroxyl groups excluding tert-OH is 1. The van der Waals surface area contributed by atoms with Gasteiger partial charge >= 0.3 is 0 Å². The fourth-order valence-electron chi connectivity index (χ4n) is 4.81. The van der Waals surface area contributed by atoms with Gasteiger partial charge in [0.1, 0.15) is 11.6 Å². The van der Waals surface area contributed by atoms with Crippen molar-refractivity contribution >= 4 is 5.91 Å². The van der Waals surface area contributed by atoms with Crippen LogP contribution in [0.3, 0.4) is 0 Å². The van der Waals surface area contributed by atoms with Crippen LogP contribution in [0.5, 0.6) is 0 Å². The highest BCUT2D eigenvalue weighted by Crippen LogP contribution is 2.47. The Labute approximate surface area is 193 Å². The van der Waals surface area contributed by atoms with E-state index < -0.39 is 23.8 Å². The van der Waals surface area contributed by atoms with Crippen molar-refractivity contribution in [3.63, 3.8) is 0 Å². The Hall–Kier alpha value is -2.35. The van der Waals surface area contributed by atoms with Gasteiger partial charge in [-0.25, -0.2) is 8.78 Å². The number of halogens is 2. The molecule has 0 aromatic heterocycles. The lowest BCUT2D eigenvalue weighted by Gasteiger charge is -2.28. The molecule has 4 rings (SSSR count). The summed E-state index contributed by atoms with van der Waals surface area (Å²) in [6.45, 7) is 4.50. The first-order chi connectivity index (χ1) is 15.7. The fourth-order valence-corrected chi connectivity index (χ4v) is 4.81. The van der Waals surface area contributed by atoms with E-state index >= 15 is 0 Å². The van der Waals surface area contributed by atoms with Crippen LogP contribution in [0, 0.1) is 11.6 Å². The zero-order chi connectivity index (χ0) is 23.6. The van der Waals surface area contributed by atoms with Gasteiger partial charge in [0.2, 0.25) is 5.91 Å². The summed E-state index contributed by atoms with van der Waals surface area (Å²) >= 11 is 0. The van der Waals surface area contributed by atoms with Crippen molar-refractivity contribution in [2.24, 2.45) is 0 Å². The predicted octanol–water partition coefficient (Wildman–Crippen LogP) is 3.68. The first-order valence-corrected chi connectivity index (χ1v) is 11.6. The molecule has 0 spiro atoms. The predicted molar refractivity (Wildman–Crippen MR) is 122 cm³/mol. The fraction of sp³-hybridized carbons (Fsp3) is 0.500. The van der Waals surface area contributed by atoms with Crippen LogP contribution in [0.15, 0.2) is 42.5 Å². The molecular weight excluding hydrogens is 426 g/mol. The van der Waals surface area contributed by atoms with E-state index in [9.17, 15) is 18.7 Å². The van der Waals surface area contributed by atoms with Gasteiger partial charge in [0.25, 0.3) is 0 Å². The third-order valence-electron chi connectivity index (χ3n) is 6.88. The number of carbonyl (C=O) groups is 1. The first-order valence-electron chi connectivity index (χ1n) is 11.6. The Kier molecular flexibility index (Phi) is 6.84. The Morgan fingerprint density at radius 2 is 1.82 bits per heavy atom. The zero-order valence-corrected chi connectivity index (χ0v) is 19.2. The molecule has 0 bridgehead atoms. The Morgan fingerprint density at radius 1 is 1.12 bits per heavy atom. The number of hydrogen-bond acceptors (Lipinski definition) is 4. The molecule has 1 saturated heterocycles. The van der Waals surface area contributed by atoms with Crippen LogP contribution >= 0.6 is 0 Å². The van der Waals surface area contributed by atoms with Gasteiger partial charge in [0.05, 0.1) is 17.7 Å². The molecule has 1 saturated carbocycles. The number of amides is 1. The molecule has 1 amide bonds. The third kappa shape index (κ3) is 5.60. The van der Waals surface area contributed by atoms with E-state index in [1.54, 1.807) is 0 Å². The van der Waals surface area contributed by atoms with E-state index in [0.717, 1.165) is 49.5 Å². The summed E-state index contributed by atoms with van der Waals surface area (Å²) < 4.78 is 33.2. The highest BCUT2D eigenvalue weighted by atomic mass is 19.1. The summed E-state index contributed by atoms with van der Waals surface area (Å²) in [6, 6.07) is 11.0. The van der Waals surface area contributed by atoms with Crippen LogP contribution in [0.1, 0.15) is 56.2 Å². The van der Waals surface area contributed by atoms with Gasteiger partial charge in [-0.15, -0.1) is 0 Å². The topological polar surface area (TPSA) is 70.6 Å². The van der Waals surface area contributed by atoms with Crippen LogP contribution in [0.4, 0.5) is 8.78 Å². The number of aliphatic hydroxyl groups is 1. The number of hydrogen-bond donors (Lipinski definition) is 3. The molecule has 33 heavy (non-hydrogen) atoms. The molecular formula is C26H32F2N2O3. The van der Waals surface area contributed by atoms with Crippen molar-refractivity contribution in [1.82, 2.24) is 10.6 Å². The first kappa shape index (κ1) is 23.8. The zero-order valence-electron chi connectivity index (χ0n) is 19.2. The molecule has 178 valence electrons. The summed E-state index contributed by atoms with van der Waals surface area (Å²) in [4.78, 5) is 11.7. The highest BCUT2D eigenvalue weighted by Gasteiger charge is 2.45. The summed E-state index contributed by atoms with van der Waals surface area (Å²) in [7, 11) is 0. The number of benzene rings is 2. The largest absolute Gasteiger partial charge is 0.390 e. The second kappa shape index (κ2) is 9.49. The molecule has 2 aromatic rings. The van der Waals surface area contributed by atoms with E-state index in [4.69, 9.17) is 4.74 Å². The quantitative estimate of drug-likeness (QED) is 0.536. The number of nitrogens with one attached hydrogen (secondary N) is 2. The molecule has 0 radical (unpaired) electrons. The monoisotopic (exact) mass is 458 g/mol. The lowest BCUT2D eigenvalue weighted by molar-refractivity contribution is -0.120.